The Bertz CT molecular complexity index is 590. The average molecular weight is 261 g/mol. The van der Waals surface area contributed by atoms with Crippen molar-refractivity contribution in [2.45, 2.75) is 31.4 Å². The van der Waals surface area contributed by atoms with Crippen molar-refractivity contribution in [1.29, 1.82) is 0 Å². The average Bonchev–Trinajstić information content (AvgIpc) is 2.97. The summed E-state index contributed by atoms with van der Waals surface area (Å²) >= 11 is 1.83. The van der Waals surface area contributed by atoms with E-state index in [2.05, 4.69) is 28.9 Å². The van der Waals surface area contributed by atoms with Gasteiger partial charge in [-0.15, -0.1) is 0 Å². The lowest BCUT2D eigenvalue weighted by molar-refractivity contribution is 0.532. The Labute approximate surface area is 110 Å². The van der Waals surface area contributed by atoms with Crippen LogP contribution in [-0.4, -0.2) is 19.7 Å². The van der Waals surface area contributed by atoms with Gasteiger partial charge in [0.05, 0.1) is 17.5 Å². The van der Waals surface area contributed by atoms with E-state index in [-0.39, 0.29) is 0 Å². The Morgan fingerprint density at radius 1 is 1.33 bits per heavy atom. The predicted molar refractivity (Wildman–Crippen MR) is 73.0 cm³/mol. The molecule has 0 saturated carbocycles. The first-order chi connectivity index (χ1) is 8.65. The summed E-state index contributed by atoms with van der Waals surface area (Å²) in [6, 6.07) is 0.334. The smallest absolute Gasteiger partial charge is 0.164 e. The van der Waals surface area contributed by atoms with E-state index in [0.29, 0.717) is 17.7 Å². The summed E-state index contributed by atoms with van der Waals surface area (Å²) in [4.78, 5) is 8.98. The van der Waals surface area contributed by atoms with Gasteiger partial charge in [-0.1, -0.05) is 0 Å². The highest BCUT2D eigenvalue weighted by Gasteiger charge is 2.19. The molecule has 0 bridgehead atoms. The van der Waals surface area contributed by atoms with Gasteiger partial charge in [0.15, 0.2) is 5.82 Å². The van der Waals surface area contributed by atoms with Crippen LogP contribution in [0.5, 0.6) is 0 Å². The van der Waals surface area contributed by atoms with Crippen LogP contribution < -0.4 is 5.73 Å². The molecular formula is C12H15N5S. The summed E-state index contributed by atoms with van der Waals surface area (Å²) in [5.41, 5.74) is 9.08. The van der Waals surface area contributed by atoms with Crippen LogP contribution in [0.1, 0.15) is 31.1 Å². The molecule has 5 nitrogen and oxygen atoms in total. The third-order valence-electron chi connectivity index (χ3n) is 3.00. The van der Waals surface area contributed by atoms with Crippen molar-refractivity contribution in [3.05, 3.63) is 23.7 Å². The minimum absolute atomic E-state index is 0.334. The molecule has 0 fully saturated rings. The highest BCUT2D eigenvalue weighted by Crippen LogP contribution is 2.33. The summed E-state index contributed by atoms with van der Waals surface area (Å²) in [5, 5.41) is 4.31. The number of nitrogens with two attached hydrogens (primary N) is 1. The summed E-state index contributed by atoms with van der Waals surface area (Å²) in [6.07, 6.45) is 3.76. The van der Waals surface area contributed by atoms with Gasteiger partial charge in [-0.05, 0) is 13.8 Å². The Morgan fingerprint density at radius 2 is 2.17 bits per heavy atom. The van der Waals surface area contributed by atoms with Gasteiger partial charge in [0, 0.05) is 29.3 Å². The lowest BCUT2D eigenvalue weighted by Crippen LogP contribution is -2.02. The van der Waals surface area contributed by atoms with Crippen LogP contribution in [0.15, 0.2) is 12.4 Å². The largest absolute Gasteiger partial charge is 0.383 e. The molecule has 2 aromatic rings. The van der Waals surface area contributed by atoms with Crippen LogP contribution in [0.2, 0.25) is 0 Å². The second kappa shape index (κ2) is 4.28. The molecule has 0 amide bonds. The first-order valence-corrected chi connectivity index (χ1v) is 7.08. The second-order valence-corrected chi connectivity index (χ2v) is 5.64. The van der Waals surface area contributed by atoms with E-state index < -0.39 is 0 Å². The fraction of sp³-hybridized carbons (Fsp3) is 0.417. The number of hydrogen-bond donors (Lipinski definition) is 1. The molecule has 6 heteroatoms. The highest BCUT2D eigenvalue weighted by atomic mass is 32.2. The van der Waals surface area contributed by atoms with Crippen LogP contribution in [0.3, 0.4) is 0 Å². The van der Waals surface area contributed by atoms with E-state index in [1.54, 1.807) is 6.20 Å². The summed E-state index contributed by atoms with van der Waals surface area (Å²) < 4.78 is 1.90. The van der Waals surface area contributed by atoms with E-state index >= 15 is 0 Å². The first-order valence-electron chi connectivity index (χ1n) is 5.92. The SMILES string of the molecule is CC(C)n1cc(-c2nc(N)c3c(n2)CSC3)cn1. The molecule has 1 aliphatic heterocycles. The molecule has 2 aromatic heterocycles. The van der Waals surface area contributed by atoms with E-state index in [0.717, 1.165) is 28.3 Å². The molecule has 0 unspecified atom stereocenters. The fourth-order valence-corrected chi connectivity index (χ4v) is 2.99. The molecule has 1 aliphatic rings. The maximum absolute atomic E-state index is 5.99. The van der Waals surface area contributed by atoms with Gasteiger partial charge in [0.1, 0.15) is 5.82 Å². The van der Waals surface area contributed by atoms with Crippen molar-refractivity contribution in [3.63, 3.8) is 0 Å². The number of nitrogens with zero attached hydrogens (tertiary/aromatic N) is 4. The number of rotatable bonds is 2. The topological polar surface area (TPSA) is 69.6 Å². The van der Waals surface area contributed by atoms with Gasteiger partial charge in [-0.25, -0.2) is 9.97 Å². The zero-order valence-electron chi connectivity index (χ0n) is 10.4. The van der Waals surface area contributed by atoms with Gasteiger partial charge < -0.3 is 5.73 Å². The quantitative estimate of drug-likeness (QED) is 0.898. The third-order valence-corrected chi connectivity index (χ3v) is 3.97. The second-order valence-electron chi connectivity index (χ2n) is 4.65. The number of anilines is 1. The summed E-state index contributed by atoms with van der Waals surface area (Å²) in [5.74, 6) is 3.14. The van der Waals surface area contributed by atoms with Crippen LogP contribution >= 0.6 is 11.8 Å². The van der Waals surface area contributed by atoms with E-state index in [9.17, 15) is 0 Å². The highest BCUT2D eigenvalue weighted by molar-refractivity contribution is 7.98. The maximum atomic E-state index is 5.99. The van der Waals surface area contributed by atoms with Gasteiger partial charge in [-0.3, -0.25) is 4.68 Å². The minimum atomic E-state index is 0.334. The van der Waals surface area contributed by atoms with Crippen LogP contribution in [0.25, 0.3) is 11.4 Å². The molecule has 2 N–H and O–H groups in total. The number of thioether (sulfide) groups is 1. The molecule has 94 valence electrons. The number of hydrogen-bond acceptors (Lipinski definition) is 5. The molecule has 3 rings (SSSR count). The van der Waals surface area contributed by atoms with Gasteiger partial charge >= 0.3 is 0 Å². The number of aromatic nitrogens is 4. The summed E-state index contributed by atoms with van der Waals surface area (Å²) in [6.45, 7) is 4.18. The zero-order valence-corrected chi connectivity index (χ0v) is 11.2. The van der Waals surface area contributed by atoms with E-state index in [4.69, 9.17) is 5.73 Å². The Hall–Kier alpha value is -1.56. The van der Waals surface area contributed by atoms with E-state index in [1.165, 1.54) is 0 Å². The first kappa shape index (κ1) is 11.5. The van der Waals surface area contributed by atoms with Crippen LogP contribution in [0.4, 0.5) is 5.82 Å². The van der Waals surface area contributed by atoms with Gasteiger partial charge in [0.2, 0.25) is 0 Å². The third kappa shape index (κ3) is 1.86. The molecule has 0 spiro atoms. The normalized spacial score (nSPS) is 14.2. The van der Waals surface area contributed by atoms with Gasteiger partial charge in [0.25, 0.3) is 0 Å². The van der Waals surface area contributed by atoms with Crippen molar-refractivity contribution < 1.29 is 0 Å². The van der Waals surface area contributed by atoms with Crippen LogP contribution in [0, 0.1) is 0 Å². The minimum Gasteiger partial charge on any atom is -0.383 e. The molecule has 0 aliphatic carbocycles. The fourth-order valence-electron chi connectivity index (χ4n) is 1.94. The van der Waals surface area contributed by atoms with Crippen molar-refractivity contribution in [1.82, 2.24) is 19.7 Å². The number of fused-ring (bicyclic) bond motifs is 1. The standard InChI is InChI=1S/C12H15N5S/c1-7(2)17-4-8(3-14-17)12-15-10-6-18-5-9(10)11(13)16-12/h3-4,7H,5-6H2,1-2H3,(H2,13,15,16). The van der Waals surface area contributed by atoms with Gasteiger partial charge in [-0.2, -0.15) is 16.9 Å². The molecule has 3 heterocycles. The molecule has 0 saturated heterocycles. The predicted octanol–water partition coefficient (Wildman–Crippen LogP) is 2.25. The van der Waals surface area contributed by atoms with Crippen molar-refractivity contribution in [3.8, 4) is 11.4 Å². The summed E-state index contributed by atoms with van der Waals surface area (Å²) in [7, 11) is 0. The van der Waals surface area contributed by atoms with Crippen molar-refractivity contribution in [2.75, 3.05) is 5.73 Å². The lowest BCUT2D eigenvalue weighted by Gasteiger charge is -2.05. The monoisotopic (exact) mass is 261 g/mol. The molecule has 0 atom stereocenters. The van der Waals surface area contributed by atoms with Crippen molar-refractivity contribution in [2.24, 2.45) is 0 Å². The van der Waals surface area contributed by atoms with Crippen molar-refractivity contribution >= 4 is 17.6 Å². The van der Waals surface area contributed by atoms with Crippen LogP contribution in [-0.2, 0) is 11.5 Å². The Kier molecular flexibility index (Phi) is 2.74. The number of nitrogen functional groups attached to an aromatic ring is 1. The molecule has 0 aromatic carbocycles. The van der Waals surface area contributed by atoms with E-state index in [1.807, 2.05) is 22.6 Å². The Morgan fingerprint density at radius 3 is 2.89 bits per heavy atom. The zero-order chi connectivity index (χ0) is 12.7. The lowest BCUT2D eigenvalue weighted by atomic mass is 10.2. The Balaban J connectivity index is 2.03. The maximum Gasteiger partial charge on any atom is 0.164 e. The molecule has 0 radical (unpaired) electrons. The molecule has 18 heavy (non-hydrogen) atoms. The molecular weight excluding hydrogens is 246 g/mol.